The fourth-order valence-electron chi connectivity index (χ4n) is 3.71. The Labute approximate surface area is 214 Å². The van der Waals surface area contributed by atoms with E-state index in [0.717, 1.165) is 24.8 Å². The molecule has 4 aromatic rings. The smallest absolute Gasteiger partial charge is 0.255 e. The molecule has 0 aliphatic heterocycles. The van der Waals surface area contributed by atoms with Crippen LogP contribution in [0.15, 0.2) is 65.1 Å². The second-order valence-corrected chi connectivity index (χ2v) is 9.09. The Balaban J connectivity index is 1.64. The van der Waals surface area contributed by atoms with Crippen LogP contribution in [0.4, 0.5) is 5.69 Å². The zero-order valence-electron chi connectivity index (χ0n) is 19.5. The Morgan fingerprint density at radius 1 is 0.943 bits per heavy atom. The molecule has 1 heterocycles. The van der Waals surface area contributed by atoms with Crippen LogP contribution in [0.3, 0.4) is 0 Å². The number of halogens is 2. The monoisotopic (exact) mass is 509 g/mol. The van der Waals surface area contributed by atoms with Gasteiger partial charge in [0.05, 0.1) is 22.3 Å². The quantitative estimate of drug-likeness (QED) is 0.182. The van der Waals surface area contributed by atoms with Crippen LogP contribution in [0.1, 0.15) is 58.2 Å². The van der Waals surface area contributed by atoms with Gasteiger partial charge in [-0.1, -0.05) is 84.9 Å². The van der Waals surface area contributed by atoms with E-state index in [0.29, 0.717) is 34.6 Å². The van der Waals surface area contributed by atoms with Gasteiger partial charge >= 0.3 is 0 Å². The van der Waals surface area contributed by atoms with E-state index in [-0.39, 0.29) is 27.2 Å². The van der Waals surface area contributed by atoms with Crippen molar-refractivity contribution in [3.8, 4) is 5.75 Å². The van der Waals surface area contributed by atoms with Crippen molar-refractivity contribution in [2.45, 2.75) is 33.1 Å². The predicted molar refractivity (Wildman–Crippen MR) is 140 cm³/mol. The third-order valence-electron chi connectivity index (χ3n) is 5.61. The van der Waals surface area contributed by atoms with Gasteiger partial charge in [0.25, 0.3) is 5.91 Å². The maximum Gasteiger partial charge on any atom is 0.255 e. The van der Waals surface area contributed by atoms with E-state index in [1.54, 1.807) is 30.3 Å². The number of ketones is 1. The first-order valence-corrected chi connectivity index (χ1v) is 12.2. The molecule has 1 amide bonds. The van der Waals surface area contributed by atoms with Crippen molar-refractivity contribution in [3.63, 3.8) is 0 Å². The molecule has 0 fully saturated rings. The van der Waals surface area contributed by atoms with Gasteiger partial charge < -0.3 is 14.5 Å². The van der Waals surface area contributed by atoms with Crippen molar-refractivity contribution in [1.82, 2.24) is 0 Å². The van der Waals surface area contributed by atoms with Gasteiger partial charge in [-0.2, -0.15) is 0 Å². The van der Waals surface area contributed by atoms with E-state index >= 15 is 0 Å². The van der Waals surface area contributed by atoms with Gasteiger partial charge in [-0.05, 0) is 37.6 Å². The molecular weight excluding hydrogens is 485 g/mol. The lowest BCUT2D eigenvalue weighted by molar-refractivity contribution is 0.101. The lowest BCUT2D eigenvalue weighted by atomic mass is 10.1. The highest BCUT2D eigenvalue weighted by Gasteiger charge is 2.24. The first kappa shape index (κ1) is 24.8. The van der Waals surface area contributed by atoms with Gasteiger partial charge in [-0.3, -0.25) is 9.59 Å². The Hall–Kier alpha value is -3.28. The highest BCUT2D eigenvalue weighted by molar-refractivity contribution is 6.38. The lowest BCUT2D eigenvalue weighted by Gasteiger charge is -2.12. The third kappa shape index (κ3) is 5.53. The molecular formula is C28H25Cl2NO4. The molecule has 3 aromatic carbocycles. The van der Waals surface area contributed by atoms with Gasteiger partial charge in [-0.25, -0.2) is 0 Å². The molecule has 1 aromatic heterocycles. The van der Waals surface area contributed by atoms with Gasteiger partial charge in [0, 0.05) is 16.5 Å². The summed E-state index contributed by atoms with van der Waals surface area (Å²) in [5.74, 6) is -0.402. The topological polar surface area (TPSA) is 68.5 Å². The van der Waals surface area contributed by atoms with Crippen molar-refractivity contribution in [2.24, 2.45) is 0 Å². The number of aryl methyl sites for hydroxylation is 1. The van der Waals surface area contributed by atoms with Crippen molar-refractivity contribution in [1.29, 1.82) is 0 Å². The summed E-state index contributed by atoms with van der Waals surface area (Å²) in [6.45, 7) is 4.54. The minimum absolute atomic E-state index is 0.0523. The van der Waals surface area contributed by atoms with Crippen LogP contribution < -0.4 is 10.1 Å². The molecule has 0 radical (unpaired) electrons. The van der Waals surface area contributed by atoms with Crippen LogP contribution in [-0.2, 0) is 0 Å². The first-order valence-electron chi connectivity index (χ1n) is 11.4. The highest BCUT2D eigenvalue weighted by Crippen LogP contribution is 2.36. The molecule has 4 rings (SSSR count). The number of anilines is 1. The number of ether oxygens (including phenoxy) is 1. The zero-order valence-corrected chi connectivity index (χ0v) is 21.0. The van der Waals surface area contributed by atoms with Gasteiger partial charge in [0.2, 0.25) is 5.78 Å². The summed E-state index contributed by atoms with van der Waals surface area (Å²) in [4.78, 5) is 26.5. The second-order valence-electron chi connectivity index (χ2n) is 8.28. The number of amides is 1. The van der Waals surface area contributed by atoms with Crippen LogP contribution in [0, 0.1) is 6.92 Å². The number of nitrogens with one attached hydrogen (secondary N) is 1. The van der Waals surface area contributed by atoms with E-state index in [9.17, 15) is 9.59 Å². The van der Waals surface area contributed by atoms with Crippen molar-refractivity contribution in [2.75, 3.05) is 11.9 Å². The Morgan fingerprint density at radius 2 is 1.63 bits per heavy atom. The molecule has 0 atom stereocenters. The van der Waals surface area contributed by atoms with Crippen molar-refractivity contribution < 1.29 is 18.7 Å². The van der Waals surface area contributed by atoms with E-state index in [1.807, 2.05) is 25.1 Å². The van der Waals surface area contributed by atoms with E-state index < -0.39 is 5.91 Å². The van der Waals surface area contributed by atoms with E-state index in [2.05, 4.69) is 12.2 Å². The summed E-state index contributed by atoms with van der Waals surface area (Å²) in [7, 11) is 0. The SMILES string of the molecule is CCCCCOc1c(Cl)cc(C(=O)Nc2c(C(=O)c3ccc(C)cc3)oc3ccccc23)cc1Cl. The number of carbonyl (C=O) groups excluding carboxylic acids is 2. The number of carbonyl (C=O) groups is 2. The number of para-hydroxylation sites is 1. The maximum atomic E-state index is 13.3. The molecule has 0 aliphatic carbocycles. The molecule has 7 heteroatoms. The fourth-order valence-corrected chi connectivity index (χ4v) is 4.30. The molecule has 0 bridgehead atoms. The molecule has 0 aliphatic rings. The van der Waals surface area contributed by atoms with Gasteiger partial charge in [0.15, 0.2) is 11.5 Å². The second kappa shape index (κ2) is 11.0. The van der Waals surface area contributed by atoms with Crippen LogP contribution >= 0.6 is 23.2 Å². The number of fused-ring (bicyclic) bond motifs is 1. The molecule has 180 valence electrons. The van der Waals surface area contributed by atoms with Crippen LogP contribution in [0.25, 0.3) is 11.0 Å². The molecule has 0 unspecified atom stereocenters. The summed E-state index contributed by atoms with van der Waals surface area (Å²) < 4.78 is 11.6. The summed E-state index contributed by atoms with van der Waals surface area (Å²) in [5, 5.41) is 3.93. The molecule has 0 saturated carbocycles. The van der Waals surface area contributed by atoms with Crippen LogP contribution in [0.5, 0.6) is 5.75 Å². The minimum atomic E-state index is -0.476. The average molecular weight is 510 g/mol. The first-order chi connectivity index (χ1) is 16.9. The molecule has 1 N–H and O–H groups in total. The van der Waals surface area contributed by atoms with E-state index in [1.165, 1.54) is 12.1 Å². The van der Waals surface area contributed by atoms with E-state index in [4.69, 9.17) is 32.4 Å². The minimum Gasteiger partial charge on any atom is -0.490 e. The number of unbranched alkanes of at least 4 members (excludes halogenated alkanes) is 2. The summed E-state index contributed by atoms with van der Waals surface area (Å²) in [6, 6.07) is 17.3. The molecule has 0 saturated heterocycles. The number of hydrogen-bond acceptors (Lipinski definition) is 4. The highest BCUT2D eigenvalue weighted by atomic mass is 35.5. The zero-order chi connectivity index (χ0) is 24.9. The van der Waals surface area contributed by atoms with Crippen LogP contribution in [0.2, 0.25) is 10.0 Å². The Morgan fingerprint density at radius 3 is 2.31 bits per heavy atom. The summed E-state index contributed by atoms with van der Waals surface area (Å²) in [5.41, 5.74) is 2.51. The fraction of sp³-hybridized carbons (Fsp3) is 0.214. The number of rotatable bonds is 9. The number of benzene rings is 3. The van der Waals surface area contributed by atoms with Gasteiger partial charge in [0.1, 0.15) is 5.58 Å². The Bertz CT molecular complexity index is 1350. The van der Waals surface area contributed by atoms with Gasteiger partial charge in [-0.15, -0.1) is 0 Å². The number of furan rings is 1. The summed E-state index contributed by atoms with van der Waals surface area (Å²) >= 11 is 12.8. The Kier molecular flexibility index (Phi) is 7.79. The molecule has 35 heavy (non-hydrogen) atoms. The van der Waals surface area contributed by atoms with Crippen LogP contribution in [-0.4, -0.2) is 18.3 Å². The normalized spacial score (nSPS) is 11.0. The number of hydrogen-bond donors (Lipinski definition) is 1. The average Bonchev–Trinajstić information content (AvgIpc) is 3.21. The largest absolute Gasteiger partial charge is 0.490 e. The molecule has 0 spiro atoms. The lowest BCUT2D eigenvalue weighted by Crippen LogP contribution is -2.14. The van der Waals surface area contributed by atoms with Crippen molar-refractivity contribution in [3.05, 3.63) is 93.2 Å². The van der Waals surface area contributed by atoms with Crippen molar-refractivity contribution >= 4 is 51.5 Å². The molecule has 5 nitrogen and oxygen atoms in total. The predicted octanol–water partition coefficient (Wildman–Crippen LogP) is 8.10. The third-order valence-corrected chi connectivity index (χ3v) is 6.17. The standard InChI is InChI=1S/C28H25Cl2NO4/c1-3-4-7-14-34-26-21(29)15-19(16-22(26)30)28(33)31-24-20-8-5-6-9-23(20)35-27(24)25(32)18-12-10-17(2)11-13-18/h5-6,8-13,15-16H,3-4,7,14H2,1-2H3,(H,31,33). The maximum absolute atomic E-state index is 13.3. The summed E-state index contributed by atoms with van der Waals surface area (Å²) in [6.07, 6.45) is 3.00.